The number of rotatable bonds is 7. The lowest BCUT2D eigenvalue weighted by Gasteiger charge is -2.23. The van der Waals surface area contributed by atoms with Crippen LogP contribution in [0.3, 0.4) is 0 Å². The van der Waals surface area contributed by atoms with Gasteiger partial charge in [-0.1, -0.05) is 24.3 Å². The molecule has 2 N–H and O–H groups in total. The summed E-state index contributed by atoms with van der Waals surface area (Å²) in [6.45, 7) is 4.41. The highest BCUT2D eigenvalue weighted by Gasteiger charge is 2.39. The Labute approximate surface area is 147 Å². The van der Waals surface area contributed by atoms with E-state index in [4.69, 9.17) is 20.2 Å². The molecular weight excluding hydrogens is 320 g/mol. The summed E-state index contributed by atoms with van der Waals surface area (Å²) in [6.07, 6.45) is 3.56. The van der Waals surface area contributed by atoms with Crippen molar-refractivity contribution in [2.24, 2.45) is 0 Å². The Morgan fingerprint density at radius 1 is 1.16 bits per heavy atom. The van der Waals surface area contributed by atoms with Crippen LogP contribution in [0.1, 0.15) is 19.4 Å². The van der Waals surface area contributed by atoms with Crippen LogP contribution in [-0.4, -0.2) is 48.1 Å². The van der Waals surface area contributed by atoms with Gasteiger partial charge in [-0.05, 0) is 31.5 Å². The quantitative estimate of drug-likeness (QED) is 0.732. The van der Waals surface area contributed by atoms with Gasteiger partial charge in [0.15, 0.2) is 0 Å². The standard InChI is InChI=1S/C19H22N2O4/c1-19(2)17(16(13-20)18(24)25-19)8-5-14-3-6-15(7-4-14)21(9-11-22)10-12-23/h3-8,22-23H,9-12H2,1-2H3/b8-5+. The van der Waals surface area contributed by atoms with Crippen LogP contribution in [0.4, 0.5) is 5.69 Å². The predicted molar refractivity (Wildman–Crippen MR) is 94.7 cm³/mol. The first kappa shape index (κ1) is 18.7. The molecule has 0 atom stereocenters. The van der Waals surface area contributed by atoms with Crippen molar-refractivity contribution in [3.63, 3.8) is 0 Å². The molecule has 6 nitrogen and oxygen atoms in total. The van der Waals surface area contributed by atoms with Crippen molar-refractivity contribution in [1.82, 2.24) is 0 Å². The highest BCUT2D eigenvalue weighted by Crippen LogP contribution is 2.33. The van der Waals surface area contributed by atoms with Crippen LogP contribution in [0.15, 0.2) is 41.5 Å². The van der Waals surface area contributed by atoms with Gasteiger partial charge in [-0.2, -0.15) is 5.26 Å². The molecule has 0 aliphatic carbocycles. The van der Waals surface area contributed by atoms with E-state index in [1.54, 1.807) is 19.9 Å². The number of nitrogens with zero attached hydrogens (tertiary/aromatic N) is 2. The second kappa shape index (κ2) is 7.97. The normalized spacial score (nSPS) is 16.2. The minimum absolute atomic E-state index is 0.00978. The average Bonchev–Trinajstić information content (AvgIpc) is 2.80. The molecular formula is C19H22N2O4. The number of carbonyl (C=O) groups excluding carboxylic acids is 1. The minimum Gasteiger partial charge on any atom is -0.451 e. The molecule has 0 radical (unpaired) electrons. The van der Waals surface area contributed by atoms with Gasteiger partial charge in [0.1, 0.15) is 17.2 Å². The summed E-state index contributed by atoms with van der Waals surface area (Å²) < 4.78 is 5.22. The Hall–Kier alpha value is -2.62. The van der Waals surface area contributed by atoms with E-state index < -0.39 is 11.6 Å². The maximum absolute atomic E-state index is 11.7. The van der Waals surface area contributed by atoms with E-state index in [2.05, 4.69) is 0 Å². The zero-order valence-corrected chi connectivity index (χ0v) is 14.4. The number of aliphatic hydroxyl groups excluding tert-OH is 2. The van der Waals surface area contributed by atoms with Crippen LogP contribution in [0.2, 0.25) is 0 Å². The maximum Gasteiger partial charge on any atom is 0.350 e. The van der Waals surface area contributed by atoms with E-state index in [0.29, 0.717) is 18.7 Å². The van der Waals surface area contributed by atoms with Gasteiger partial charge in [0, 0.05) is 24.4 Å². The topological polar surface area (TPSA) is 93.8 Å². The van der Waals surface area contributed by atoms with Gasteiger partial charge in [-0.3, -0.25) is 0 Å². The molecule has 1 aromatic rings. The Morgan fingerprint density at radius 3 is 2.28 bits per heavy atom. The molecule has 0 unspecified atom stereocenters. The Balaban J connectivity index is 2.21. The highest BCUT2D eigenvalue weighted by molar-refractivity contribution is 5.98. The first-order valence-electron chi connectivity index (χ1n) is 8.06. The number of nitriles is 1. The second-order valence-electron chi connectivity index (χ2n) is 6.16. The molecule has 0 spiro atoms. The lowest BCUT2D eigenvalue weighted by Crippen LogP contribution is -2.29. The lowest BCUT2D eigenvalue weighted by molar-refractivity contribution is -0.144. The molecule has 0 fully saturated rings. The molecule has 1 aliphatic rings. The number of aliphatic hydroxyl groups is 2. The Bertz CT molecular complexity index is 721. The largest absolute Gasteiger partial charge is 0.451 e. The predicted octanol–water partition coefficient (Wildman–Crippen LogP) is 1.65. The molecule has 1 aromatic carbocycles. The fourth-order valence-electron chi connectivity index (χ4n) is 2.73. The molecule has 0 saturated heterocycles. The van der Waals surface area contributed by atoms with Crippen molar-refractivity contribution in [1.29, 1.82) is 5.26 Å². The zero-order chi connectivity index (χ0) is 18.4. The van der Waals surface area contributed by atoms with Gasteiger partial charge in [-0.25, -0.2) is 4.79 Å². The van der Waals surface area contributed by atoms with Gasteiger partial charge >= 0.3 is 5.97 Å². The smallest absolute Gasteiger partial charge is 0.350 e. The molecule has 1 heterocycles. The summed E-state index contributed by atoms with van der Waals surface area (Å²) in [5.41, 5.74) is 1.58. The summed E-state index contributed by atoms with van der Waals surface area (Å²) in [5.74, 6) is -0.592. The molecule has 0 aromatic heterocycles. The van der Waals surface area contributed by atoms with Crippen LogP contribution < -0.4 is 4.90 Å². The van der Waals surface area contributed by atoms with Crippen molar-refractivity contribution >= 4 is 17.7 Å². The summed E-state index contributed by atoms with van der Waals surface area (Å²) in [4.78, 5) is 13.6. The summed E-state index contributed by atoms with van der Waals surface area (Å²) in [7, 11) is 0. The van der Waals surface area contributed by atoms with E-state index >= 15 is 0 Å². The third-order valence-electron chi connectivity index (χ3n) is 4.02. The van der Waals surface area contributed by atoms with Crippen LogP contribution in [0.25, 0.3) is 6.08 Å². The Morgan fingerprint density at radius 2 is 1.76 bits per heavy atom. The number of benzene rings is 1. The molecule has 1 aliphatic heterocycles. The third-order valence-corrected chi connectivity index (χ3v) is 4.02. The number of hydrogen-bond acceptors (Lipinski definition) is 6. The van der Waals surface area contributed by atoms with Gasteiger partial charge in [0.05, 0.1) is 13.2 Å². The molecule has 0 amide bonds. The van der Waals surface area contributed by atoms with Gasteiger partial charge in [0.2, 0.25) is 0 Å². The molecule has 132 valence electrons. The number of carbonyl (C=O) groups is 1. The number of cyclic esters (lactones) is 1. The van der Waals surface area contributed by atoms with Crippen molar-refractivity contribution in [3.05, 3.63) is 47.1 Å². The number of esters is 1. The van der Waals surface area contributed by atoms with Gasteiger partial charge in [-0.15, -0.1) is 0 Å². The fourth-order valence-corrected chi connectivity index (χ4v) is 2.73. The van der Waals surface area contributed by atoms with Crippen LogP contribution in [-0.2, 0) is 9.53 Å². The van der Waals surface area contributed by atoms with Crippen molar-refractivity contribution in [2.45, 2.75) is 19.4 Å². The SMILES string of the molecule is CC1(C)OC(=O)C(C#N)=C1/C=C/c1ccc(N(CCO)CCO)cc1. The molecule has 0 saturated carbocycles. The summed E-state index contributed by atoms with van der Waals surface area (Å²) in [6, 6.07) is 9.48. The van der Waals surface area contributed by atoms with E-state index in [1.807, 2.05) is 41.3 Å². The Kier molecular flexibility index (Phi) is 5.97. The third kappa shape index (κ3) is 4.27. The monoisotopic (exact) mass is 342 g/mol. The summed E-state index contributed by atoms with van der Waals surface area (Å²) in [5, 5.41) is 27.3. The van der Waals surface area contributed by atoms with Crippen molar-refractivity contribution in [2.75, 3.05) is 31.2 Å². The van der Waals surface area contributed by atoms with E-state index in [9.17, 15) is 4.79 Å². The average molecular weight is 342 g/mol. The molecule has 0 bridgehead atoms. The van der Waals surface area contributed by atoms with Gasteiger partial charge in [0.25, 0.3) is 0 Å². The van der Waals surface area contributed by atoms with Gasteiger partial charge < -0.3 is 19.8 Å². The van der Waals surface area contributed by atoms with Crippen LogP contribution >= 0.6 is 0 Å². The van der Waals surface area contributed by atoms with Crippen molar-refractivity contribution in [3.8, 4) is 6.07 Å². The fraction of sp³-hybridized carbons (Fsp3) is 0.368. The highest BCUT2D eigenvalue weighted by atomic mass is 16.6. The van der Waals surface area contributed by atoms with Crippen molar-refractivity contribution < 1.29 is 19.7 Å². The number of hydrogen-bond donors (Lipinski definition) is 2. The van der Waals surface area contributed by atoms with E-state index in [-0.39, 0.29) is 18.8 Å². The maximum atomic E-state index is 11.7. The van der Waals surface area contributed by atoms with Crippen LogP contribution in [0, 0.1) is 11.3 Å². The second-order valence-corrected chi connectivity index (χ2v) is 6.16. The number of anilines is 1. The molecule has 6 heteroatoms. The zero-order valence-electron chi connectivity index (χ0n) is 14.4. The van der Waals surface area contributed by atoms with E-state index in [1.165, 1.54) is 0 Å². The van der Waals surface area contributed by atoms with E-state index in [0.717, 1.165) is 11.3 Å². The first-order chi connectivity index (χ1) is 11.9. The van der Waals surface area contributed by atoms with Crippen LogP contribution in [0.5, 0.6) is 0 Å². The summed E-state index contributed by atoms with van der Waals surface area (Å²) >= 11 is 0. The first-order valence-corrected chi connectivity index (χ1v) is 8.06. The molecule has 25 heavy (non-hydrogen) atoms. The number of ether oxygens (including phenoxy) is 1. The lowest BCUT2D eigenvalue weighted by atomic mass is 9.95. The minimum atomic E-state index is -0.822. The molecule has 2 rings (SSSR count).